The molecule has 0 amide bonds. The molecule has 0 aliphatic rings. The van der Waals surface area contributed by atoms with E-state index in [1.54, 1.807) is 12.3 Å². The fourth-order valence-electron chi connectivity index (χ4n) is 1.95. The van der Waals surface area contributed by atoms with E-state index in [0.29, 0.717) is 11.4 Å². The van der Waals surface area contributed by atoms with Crippen molar-refractivity contribution >= 4 is 17.2 Å². The first-order valence-corrected chi connectivity index (χ1v) is 7.07. The summed E-state index contributed by atoms with van der Waals surface area (Å²) in [7, 11) is 2.17. The van der Waals surface area contributed by atoms with Gasteiger partial charge in [0.15, 0.2) is 0 Å². The van der Waals surface area contributed by atoms with Gasteiger partial charge in [-0.15, -0.1) is 0 Å². The minimum atomic E-state index is 0.596. The van der Waals surface area contributed by atoms with Crippen molar-refractivity contribution in [3.8, 4) is 0 Å². The Morgan fingerprint density at radius 2 is 1.95 bits per heavy atom. The fourth-order valence-corrected chi connectivity index (χ4v) is 1.95. The summed E-state index contributed by atoms with van der Waals surface area (Å²) in [5, 5.41) is 3.24. The van der Waals surface area contributed by atoms with E-state index in [1.165, 1.54) is 25.8 Å². The maximum Gasteiger partial charge on any atom is 0.149 e. The minimum absolute atomic E-state index is 0.596. The third kappa shape index (κ3) is 6.29. The van der Waals surface area contributed by atoms with Gasteiger partial charge < -0.3 is 21.7 Å². The smallest absolute Gasteiger partial charge is 0.149 e. The van der Waals surface area contributed by atoms with E-state index in [9.17, 15) is 0 Å². The molecule has 0 bridgehead atoms. The van der Waals surface area contributed by atoms with Gasteiger partial charge in [0.25, 0.3) is 0 Å². The molecule has 0 saturated heterocycles. The molecule has 0 radical (unpaired) electrons. The topological polar surface area (TPSA) is 80.2 Å². The number of nitrogens with one attached hydrogen (secondary N) is 1. The maximum atomic E-state index is 5.83. The molecular formula is C14H27N5. The molecule has 19 heavy (non-hydrogen) atoms. The van der Waals surface area contributed by atoms with Gasteiger partial charge in [0, 0.05) is 6.54 Å². The molecule has 0 aliphatic heterocycles. The number of rotatable bonds is 9. The number of aromatic nitrogens is 1. The van der Waals surface area contributed by atoms with Crippen LogP contribution in [0, 0.1) is 0 Å². The van der Waals surface area contributed by atoms with Crippen molar-refractivity contribution < 1.29 is 0 Å². The molecular weight excluding hydrogens is 238 g/mol. The number of hydrogen-bond donors (Lipinski definition) is 3. The van der Waals surface area contributed by atoms with Crippen molar-refractivity contribution in [2.75, 3.05) is 43.5 Å². The Balaban J connectivity index is 2.16. The molecule has 5 N–H and O–H groups in total. The van der Waals surface area contributed by atoms with E-state index in [2.05, 4.69) is 29.2 Å². The maximum absolute atomic E-state index is 5.83. The van der Waals surface area contributed by atoms with Gasteiger partial charge in [-0.25, -0.2) is 4.98 Å². The van der Waals surface area contributed by atoms with E-state index >= 15 is 0 Å². The van der Waals surface area contributed by atoms with Gasteiger partial charge in [0.1, 0.15) is 5.82 Å². The van der Waals surface area contributed by atoms with Crippen LogP contribution < -0.4 is 16.8 Å². The Morgan fingerprint density at radius 3 is 2.63 bits per heavy atom. The van der Waals surface area contributed by atoms with Crippen LogP contribution in [-0.2, 0) is 0 Å². The lowest BCUT2D eigenvalue weighted by Crippen LogP contribution is -2.23. The van der Waals surface area contributed by atoms with Crippen molar-refractivity contribution in [3.63, 3.8) is 0 Å². The lowest BCUT2D eigenvalue weighted by Gasteiger charge is -2.16. The number of nitrogen functional groups attached to an aromatic ring is 2. The number of pyridine rings is 1. The Labute approximate surface area is 116 Å². The Bertz CT molecular complexity index is 367. The van der Waals surface area contributed by atoms with Crippen LogP contribution in [0.2, 0.25) is 0 Å². The molecule has 1 aromatic rings. The van der Waals surface area contributed by atoms with Gasteiger partial charge in [-0.3, -0.25) is 0 Å². The molecule has 0 aliphatic carbocycles. The largest absolute Gasteiger partial charge is 0.397 e. The van der Waals surface area contributed by atoms with Crippen LogP contribution in [0.1, 0.15) is 32.6 Å². The van der Waals surface area contributed by atoms with E-state index in [4.69, 9.17) is 11.5 Å². The van der Waals surface area contributed by atoms with Crippen molar-refractivity contribution in [1.82, 2.24) is 9.88 Å². The van der Waals surface area contributed by atoms with Crippen molar-refractivity contribution in [2.24, 2.45) is 0 Å². The first kappa shape index (κ1) is 15.6. The SMILES string of the molecule is CCCCCN(C)CCCNc1ncc(N)cc1N. The molecule has 5 nitrogen and oxygen atoms in total. The van der Waals surface area contributed by atoms with Crippen molar-refractivity contribution in [1.29, 1.82) is 0 Å². The zero-order chi connectivity index (χ0) is 14.1. The highest BCUT2D eigenvalue weighted by Gasteiger charge is 2.01. The Hall–Kier alpha value is -1.49. The molecule has 1 aromatic heterocycles. The molecule has 0 spiro atoms. The third-order valence-electron chi connectivity index (χ3n) is 3.09. The molecule has 0 atom stereocenters. The standard InChI is InChI=1S/C14H27N5/c1-3-4-5-8-19(2)9-6-7-17-14-13(16)10-12(15)11-18-14/h10-11H,3-9,15-16H2,1-2H3,(H,17,18). The lowest BCUT2D eigenvalue weighted by molar-refractivity contribution is 0.324. The van der Waals surface area contributed by atoms with Crippen molar-refractivity contribution in [2.45, 2.75) is 32.6 Å². The zero-order valence-corrected chi connectivity index (χ0v) is 12.2. The Morgan fingerprint density at radius 1 is 1.21 bits per heavy atom. The predicted molar refractivity (Wildman–Crippen MR) is 83.2 cm³/mol. The highest BCUT2D eigenvalue weighted by molar-refractivity contribution is 5.65. The fraction of sp³-hybridized carbons (Fsp3) is 0.643. The Kier molecular flexibility index (Phi) is 7.03. The second kappa shape index (κ2) is 8.58. The van der Waals surface area contributed by atoms with Gasteiger partial charge in [0.2, 0.25) is 0 Å². The summed E-state index contributed by atoms with van der Waals surface area (Å²) in [5.41, 5.74) is 12.6. The van der Waals surface area contributed by atoms with E-state index in [1.807, 2.05) is 0 Å². The van der Waals surface area contributed by atoms with Crippen LogP contribution in [-0.4, -0.2) is 36.6 Å². The summed E-state index contributed by atoms with van der Waals surface area (Å²) in [6.45, 7) is 5.37. The van der Waals surface area contributed by atoms with E-state index in [0.717, 1.165) is 25.3 Å². The molecule has 0 unspecified atom stereocenters. The predicted octanol–water partition coefficient (Wildman–Crippen LogP) is 2.17. The second-order valence-corrected chi connectivity index (χ2v) is 5.00. The second-order valence-electron chi connectivity index (χ2n) is 5.00. The molecule has 1 rings (SSSR count). The summed E-state index contributed by atoms with van der Waals surface area (Å²) in [6, 6.07) is 1.73. The van der Waals surface area contributed by atoms with Crippen LogP contribution in [0.25, 0.3) is 0 Å². The van der Waals surface area contributed by atoms with Crippen LogP contribution in [0.15, 0.2) is 12.3 Å². The van der Waals surface area contributed by atoms with Gasteiger partial charge in [-0.05, 0) is 39.0 Å². The number of nitrogens with two attached hydrogens (primary N) is 2. The highest BCUT2D eigenvalue weighted by atomic mass is 15.1. The normalized spacial score (nSPS) is 10.9. The van der Waals surface area contributed by atoms with Gasteiger partial charge >= 0.3 is 0 Å². The van der Waals surface area contributed by atoms with Crippen LogP contribution in [0.5, 0.6) is 0 Å². The molecule has 0 saturated carbocycles. The van der Waals surface area contributed by atoms with Crippen LogP contribution in [0.3, 0.4) is 0 Å². The first-order valence-electron chi connectivity index (χ1n) is 7.07. The summed E-state index contributed by atoms with van der Waals surface area (Å²) in [6.07, 6.45) is 6.57. The molecule has 0 aromatic carbocycles. The molecule has 108 valence electrons. The van der Waals surface area contributed by atoms with Gasteiger partial charge in [-0.2, -0.15) is 0 Å². The number of anilines is 3. The van der Waals surface area contributed by atoms with Crippen LogP contribution >= 0.6 is 0 Å². The van der Waals surface area contributed by atoms with Crippen LogP contribution in [0.4, 0.5) is 17.2 Å². The van der Waals surface area contributed by atoms with Gasteiger partial charge in [0.05, 0.1) is 17.6 Å². The molecule has 0 fully saturated rings. The average Bonchev–Trinajstić information content (AvgIpc) is 2.37. The summed E-state index contributed by atoms with van der Waals surface area (Å²) in [5.74, 6) is 0.725. The lowest BCUT2D eigenvalue weighted by atomic mass is 10.2. The minimum Gasteiger partial charge on any atom is -0.397 e. The zero-order valence-electron chi connectivity index (χ0n) is 12.2. The summed E-state index contributed by atoms with van der Waals surface area (Å²) in [4.78, 5) is 6.55. The van der Waals surface area contributed by atoms with E-state index < -0.39 is 0 Å². The molecule has 5 heteroatoms. The first-order chi connectivity index (χ1) is 9.13. The summed E-state index contributed by atoms with van der Waals surface area (Å²) >= 11 is 0. The number of hydrogen-bond acceptors (Lipinski definition) is 5. The summed E-state index contributed by atoms with van der Waals surface area (Å²) < 4.78 is 0. The average molecular weight is 265 g/mol. The van der Waals surface area contributed by atoms with Crippen molar-refractivity contribution in [3.05, 3.63) is 12.3 Å². The monoisotopic (exact) mass is 265 g/mol. The van der Waals surface area contributed by atoms with Gasteiger partial charge in [-0.1, -0.05) is 19.8 Å². The number of nitrogens with zero attached hydrogens (tertiary/aromatic N) is 2. The van der Waals surface area contributed by atoms with E-state index in [-0.39, 0.29) is 0 Å². The highest BCUT2D eigenvalue weighted by Crippen LogP contribution is 2.17. The molecule has 1 heterocycles. The number of unbranched alkanes of at least 4 members (excludes halogenated alkanes) is 2. The quantitative estimate of drug-likeness (QED) is 0.596. The third-order valence-corrected chi connectivity index (χ3v) is 3.09.